The van der Waals surface area contributed by atoms with Crippen LogP contribution in [-0.4, -0.2) is 19.4 Å². The largest absolute Gasteiger partial charge is 0.545 e. The number of nitrogens with one attached hydrogen (secondary N) is 2. The quantitative estimate of drug-likeness (QED) is 0.705. The Labute approximate surface area is 129 Å². The lowest BCUT2D eigenvalue weighted by Gasteiger charge is -2.10. The molecule has 9 heteroatoms. The number of oxazole rings is 1. The molecule has 23 heavy (non-hydrogen) atoms. The molecular formula is C14H9N2O6S-. The average molecular weight is 333 g/mol. The molecule has 0 amide bonds. The molecule has 0 radical (unpaired) electrons. The van der Waals surface area contributed by atoms with Crippen molar-refractivity contribution < 1.29 is 22.7 Å². The van der Waals surface area contributed by atoms with Crippen LogP contribution < -0.4 is 15.6 Å². The lowest BCUT2D eigenvalue weighted by atomic mass is 10.2. The average Bonchev–Trinajstić information content (AvgIpc) is 2.86. The number of rotatable bonds is 4. The summed E-state index contributed by atoms with van der Waals surface area (Å²) in [6, 6.07) is 9.09. The molecule has 0 aliphatic carbocycles. The van der Waals surface area contributed by atoms with Crippen LogP contribution in [0.25, 0.3) is 11.1 Å². The molecule has 1 aromatic heterocycles. The van der Waals surface area contributed by atoms with Gasteiger partial charge in [0.25, 0.3) is 10.0 Å². The third kappa shape index (κ3) is 2.94. The fourth-order valence-corrected chi connectivity index (χ4v) is 3.08. The van der Waals surface area contributed by atoms with Crippen molar-refractivity contribution in [1.82, 2.24) is 4.98 Å². The van der Waals surface area contributed by atoms with Crippen LogP contribution in [0.15, 0.2) is 56.6 Å². The Morgan fingerprint density at radius 2 is 1.96 bits per heavy atom. The number of carboxylic acids is 1. The SMILES string of the molecule is O=C([O-])c1cccc(NS(=O)(=O)c2ccc3[nH]c(=O)oc3c2)c1. The summed E-state index contributed by atoms with van der Waals surface area (Å²) in [5.74, 6) is -2.11. The minimum absolute atomic E-state index is 0.0716. The standard InChI is InChI=1S/C14H10N2O6S/c17-13(18)8-2-1-3-9(6-8)16-23(20,21)10-4-5-11-12(7-10)22-14(19)15-11/h1-7,16H,(H,15,19)(H,17,18)/p-1. The number of fused-ring (bicyclic) bond motifs is 1. The first-order chi connectivity index (χ1) is 10.8. The van der Waals surface area contributed by atoms with Gasteiger partial charge in [0.05, 0.1) is 16.4 Å². The Morgan fingerprint density at radius 3 is 2.70 bits per heavy atom. The summed E-state index contributed by atoms with van der Waals surface area (Å²) >= 11 is 0. The van der Waals surface area contributed by atoms with E-state index in [0.717, 1.165) is 6.07 Å². The predicted octanol–water partition coefficient (Wildman–Crippen LogP) is 0.285. The first-order valence-electron chi connectivity index (χ1n) is 6.32. The van der Waals surface area contributed by atoms with E-state index in [1.54, 1.807) is 0 Å². The van der Waals surface area contributed by atoms with Gasteiger partial charge in [0.15, 0.2) is 5.58 Å². The zero-order chi connectivity index (χ0) is 16.6. The van der Waals surface area contributed by atoms with E-state index >= 15 is 0 Å². The zero-order valence-corrected chi connectivity index (χ0v) is 12.2. The molecule has 0 spiro atoms. The van der Waals surface area contributed by atoms with Gasteiger partial charge in [-0.15, -0.1) is 0 Å². The van der Waals surface area contributed by atoms with Crippen LogP contribution in [0.5, 0.6) is 0 Å². The molecule has 1 heterocycles. The highest BCUT2D eigenvalue weighted by Gasteiger charge is 2.16. The number of aromatic carboxylic acids is 1. The molecule has 0 aliphatic rings. The molecule has 2 N–H and O–H groups in total. The van der Waals surface area contributed by atoms with E-state index in [2.05, 4.69) is 9.71 Å². The number of hydrogen-bond acceptors (Lipinski definition) is 6. The van der Waals surface area contributed by atoms with Gasteiger partial charge in [-0.3, -0.25) is 9.71 Å². The highest BCUT2D eigenvalue weighted by molar-refractivity contribution is 7.92. The summed E-state index contributed by atoms with van der Waals surface area (Å²) in [6.07, 6.45) is 0. The lowest BCUT2D eigenvalue weighted by molar-refractivity contribution is -0.255. The number of sulfonamides is 1. The molecule has 3 rings (SSSR count). The van der Waals surface area contributed by atoms with Crippen LogP contribution >= 0.6 is 0 Å². The maximum Gasteiger partial charge on any atom is 0.417 e. The number of carboxylic acid groups (broad SMARTS) is 1. The number of H-pyrrole nitrogens is 1. The van der Waals surface area contributed by atoms with Gasteiger partial charge in [-0.1, -0.05) is 12.1 Å². The van der Waals surface area contributed by atoms with Crippen molar-refractivity contribution in [2.75, 3.05) is 4.72 Å². The topological polar surface area (TPSA) is 132 Å². The summed E-state index contributed by atoms with van der Waals surface area (Å²) in [5.41, 5.74) is 0.383. The van der Waals surface area contributed by atoms with Gasteiger partial charge in [-0.25, -0.2) is 13.2 Å². The molecule has 0 bridgehead atoms. The molecule has 0 aliphatic heterocycles. The highest BCUT2D eigenvalue weighted by atomic mass is 32.2. The van der Waals surface area contributed by atoms with Crippen LogP contribution in [0.2, 0.25) is 0 Å². The van der Waals surface area contributed by atoms with Gasteiger partial charge in [-0.05, 0) is 29.8 Å². The second kappa shape index (κ2) is 5.29. The third-order valence-corrected chi connectivity index (χ3v) is 4.43. The number of aromatic nitrogens is 1. The first-order valence-corrected chi connectivity index (χ1v) is 7.80. The van der Waals surface area contributed by atoms with E-state index in [9.17, 15) is 23.1 Å². The van der Waals surface area contributed by atoms with Crippen molar-refractivity contribution in [2.24, 2.45) is 0 Å². The molecular weight excluding hydrogens is 324 g/mol. The molecule has 8 nitrogen and oxygen atoms in total. The van der Waals surface area contributed by atoms with Crippen LogP contribution in [0.3, 0.4) is 0 Å². The molecule has 0 atom stereocenters. The Morgan fingerprint density at radius 1 is 1.17 bits per heavy atom. The third-order valence-electron chi connectivity index (χ3n) is 3.05. The van der Waals surface area contributed by atoms with Crippen molar-refractivity contribution in [1.29, 1.82) is 0 Å². The number of benzene rings is 2. The smallest absolute Gasteiger partial charge is 0.417 e. The second-order valence-corrected chi connectivity index (χ2v) is 6.33. The van der Waals surface area contributed by atoms with Gasteiger partial charge in [0, 0.05) is 11.8 Å². The Bertz CT molecular complexity index is 1060. The van der Waals surface area contributed by atoms with Crippen LogP contribution in [-0.2, 0) is 10.0 Å². The van der Waals surface area contributed by atoms with Gasteiger partial charge in [0.2, 0.25) is 0 Å². The fourth-order valence-electron chi connectivity index (χ4n) is 2.02. The van der Waals surface area contributed by atoms with E-state index in [1.807, 2.05) is 0 Å². The number of anilines is 1. The summed E-state index contributed by atoms with van der Waals surface area (Å²) < 4.78 is 31.7. The number of carbonyl (C=O) groups excluding carboxylic acids is 1. The van der Waals surface area contributed by atoms with E-state index in [4.69, 9.17) is 4.42 Å². The van der Waals surface area contributed by atoms with E-state index < -0.39 is 21.7 Å². The highest BCUT2D eigenvalue weighted by Crippen LogP contribution is 2.20. The normalized spacial score (nSPS) is 11.5. The molecule has 0 saturated carbocycles. The Balaban J connectivity index is 1.98. The number of hydrogen-bond donors (Lipinski definition) is 2. The Kier molecular flexibility index (Phi) is 3.41. The van der Waals surface area contributed by atoms with Gasteiger partial charge >= 0.3 is 5.76 Å². The van der Waals surface area contributed by atoms with E-state index in [-0.39, 0.29) is 21.7 Å². The molecule has 0 saturated heterocycles. The summed E-state index contributed by atoms with van der Waals surface area (Å²) in [6.45, 7) is 0. The second-order valence-electron chi connectivity index (χ2n) is 4.65. The van der Waals surface area contributed by atoms with Crippen LogP contribution in [0, 0.1) is 0 Å². The molecule has 118 valence electrons. The van der Waals surface area contributed by atoms with Gasteiger partial charge < -0.3 is 14.3 Å². The monoisotopic (exact) mass is 333 g/mol. The number of carbonyl (C=O) groups is 1. The zero-order valence-electron chi connectivity index (χ0n) is 11.4. The molecule has 0 unspecified atom stereocenters. The van der Waals surface area contributed by atoms with Crippen molar-refractivity contribution in [3.8, 4) is 0 Å². The van der Waals surface area contributed by atoms with E-state index in [1.165, 1.54) is 36.4 Å². The minimum Gasteiger partial charge on any atom is -0.545 e. The van der Waals surface area contributed by atoms with Gasteiger partial charge in [-0.2, -0.15) is 0 Å². The number of aromatic amines is 1. The van der Waals surface area contributed by atoms with Gasteiger partial charge in [0.1, 0.15) is 0 Å². The minimum atomic E-state index is -3.98. The summed E-state index contributed by atoms with van der Waals surface area (Å²) in [5, 5.41) is 10.8. The molecule has 3 aromatic rings. The maximum absolute atomic E-state index is 12.3. The van der Waals surface area contributed by atoms with Crippen molar-refractivity contribution in [3.05, 3.63) is 58.6 Å². The van der Waals surface area contributed by atoms with Crippen molar-refractivity contribution >= 4 is 32.8 Å². The van der Waals surface area contributed by atoms with E-state index in [0.29, 0.717) is 5.52 Å². The predicted molar refractivity (Wildman–Crippen MR) is 78.4 cm³/mol. The summed E-state index contributed by atoms with van der Waals surface area (Å²) in [7, 11) is -3.98. The van der Waals surface area contributed by atoms with Crippen molar-refractivity contribution in [2.45, 2.75) is 4.90 Å². The molecule has 0 fully saturated rings. The first kappa shape index (κ1) is 14.9. The molecule has 2 aromatic carbocycles. The maximum atomic E-state index is 12.3. The summed E-state index contributed by atoms with van der Waals surface area (Å²) in [4.78, 5) is 24.2. The van der Waals surface area contributed by atoms with Crippen LogP contribution in [0.1, 0.15) is 10.4 Å². The lowest BCUT2D eigenvalue weighted by Crippen LogP contribution is -2.22. The Hall–Kier alpha value is -3.07. The van der Waals surface area contributed by atoms with Crippen molar-refractivity contribution in [3.63, 3.8) is 0 Å². The fraction of sp³-hybridized carbons (Fsp3) is 0. The van der Waals surface area contributed by atoms with Crippen LogP contribution in [0.4, 0.5) is 5.69 Å².